The van der Waals surface area contributed by atoms with Gasteiger partial charge in [0.15, 0.2) is 0 Å². The van der Waals surface area contributed by atoms with Crippen molar-refractivity contribution in [3.05, 3.63) is 32.8 Å². The molecule has 0 amide bonds. The average molecular weight is 311 g/mol. The fraction of sp³-hybridized carbons (Fsp3) is 0.538. The van der Waals surface area contributed by atoms with Gasteiger partial charge in [-0.25, -0.2) is 0 Å². The predicted molar refractivity (Wildman–Crippen MR) is 73.7 cm³/mol. The zero-order chi connectivity index (χ0) is 12.8. The molecule has 0 spiro atoms. The van der Waals surface area contributed by atoms with Gasteiger partial charge in [-0.2, -0.15) is 0 Å². The van der Waals surface area contributed by atoms with Crippen LogP contribution in [0, 0.1) is 21.4 Å². The number of hydrogen-bond donors (Lipinski definition) is 1. The van der Waals surface area contributed by atoms with Gasteiger partial charge in [-0.05, 0) is 59.0 Å². The van der Waals surface area contributed by atoms with Crippen LogP contribution in [-0.2, 0) is 0 Å². The molecule has 0 atom stereocenters. The first-order valence-electron chi connectivity index (χ1n) is 6.29. The highest BCUT2D eigenvalue weighted by Crippen LogP contribution is 2.61. The van der Waals surface area contributed by atoms with Gasteiger partial charge in [0.25, 0.3) is 5.69 Å². The quantitative estimate of drug-likeness (QED) is 0.661. The number of nitrogens with zero attached hydrogens (tertiary/aromatic N) is 1. The Bertz CT molecular complexity index is 496. The maximum atomic E-state index is 10.7. The lowest BCUT2D eigenvalue weighted by molar-refractivity contribution is -0.384. The van der Waals surface area contributed by atoms with Crippen molar-refractivity contribution in [3.63, 3.8) is 0 Å². The van der Waals surface area contributed by atoms with Crippen molar-refractivity contribution in [2.24, 2.45) is 11.3 Å². The summed E-state index contributed by atoms with van der Waals surface area (Å²) in [7, 11) is 0. The molecule has 0 aromatic heterocycles. The molecule has 0 heterocycles. The molecule has 2 saturated carbocycles. The van der Waals surface area contributed by atoms with Crippen molar-refractivity contribution < 1.29 is 4.92 Å². The van der Waals surface area contributed by atoms with Gasteiger partial charge in [0.1, 0.15) is 0 Å². The van der Waals surface area contributed by atoms with Crippen LogP contribution >= 0.6 is 15.9 Å². The van der Waals surface area contributed by atoms with Crippen molar-refractivity contribution in [2.45, 2.75) is 25.7 Å². The normalized spacial score (nSPS) is 20.5. The summed E-state index contributed by atoms with van der Waals surface area (Å²) in [6.07, 6.45) is 5.41. The molecule has 1 N–H and O–H groups in total. The molecular formula is C13H15BrN2O2. The third-order valence-electron chi connectivity index (χ3n) is 4.13. The Kier molecular flexibility index (Phi) is 2.81. The van der Waals surface area contributed by atoms with Gasteiger partial charge in [0, 0.05) is 28.8 Å². The minimum Gasteiger partial charge on any atom is -0.384 e. The predicted octanol–water partition coefficient (Wildman–Crippen LogP) is 3.96. The lowest BCUT2D eigenvalue weighted by Crippen LogP contribution is -2.17. The molecule has 18 heavy (non-hydrogen) atoms. The zero-order valence-electron chi connectivity index (χ0n) is 9.99. The van der Waals surface area contributed by atoms with Crippen LogP contribution in [0.3, 0.4) is 0 Å². The van der Waals surface area contributed by atoms with Gasteiger partial charge < -0.3 is 5.32 Å². The lowest BCUT2D eigenvalue weighted by atomic mass is 10.0. The van der Waals surface area contributed by atoms with E-state index in [2.05, 4.69) is 21.2 Å². The van der Waals surface area contributed by atoms with Gasteiger partial charge in [0.2, 0.25) is 0 Å². The van der Waals surface area contributed by atoms with Gasteiger partial charge in [0.05, 0.1) is 4.92 Å². The van der Waals surface area contributed by atoms with Crippen LogP contribution in [-0.4, -0.2) is 11.5 Å². The van der Waals surface area contributed by atoms with Crippen LogP contribution in [0.5, 0.6) is 0 Å². The first-order valence-corrected chi connectivity index (χ1v) is 7.08. The number of nitrogens with one attached hydrogen (secondary N) is 1. The molecular weight excluding hydrogens is 296 g/mol. The van der Waals surface area contributed by atoms with Crippen LogP contribution in [0.4, 0.5) is 11.4 Å². The van der Waals surface area contributed by atoms with E-state index >= 15 is 0 Å². The molecule has 4 nitrogen and oxygen atoms in total. The molecule has 0 aliphatic heterocycles. The van der Waals surface area contributed by atoms with E-state index < -0.39 is 0 Å². The van der Waals surface area contributed by atoms with Gasteiger partial charge in [-0.3, -0.25) is 10.1 Å². The fourth-order valence-corrected chi connectivity index (χ4v) is 3.12. The zero-order valence-corrected chi connectivity index (χ0v) is 11.6. The third-order valence-corrected chi connectivity index (χ3v) is 4.79. The summed E-state index contributed by atoms with van der Waals surface area (Å²) in [6.45, 7) is 0.994. The number of rotatable bonds is 5. The van der Waals surface area contributed by atoms with E-state index in [4.69, 9.17) is 0 Å². The summed E-state index contributed by atoms with van der Waals surface area (Å²) in [5.41, 5.74) is 1.60. The standard InChI is InChI=1S/C13H15BrN2O2/c14-11-7-10(16(17)18)3-4-12(11)15-8-13(5-6-13)9-1-2-9/h3-4,7,9,15H,1-2,5-6,8H2. The minimum atomic E-state index is -0.374. The van der Waals surface area contributed by atoms with E-state index in [0.29, 0.717) is 5.41 Å². The SMILES string of the molecule is O=[N+]([O-])c1ccc(NCC2(C3CC3)CC2)c(Br)c1. The number of non-ortho nitro benzene ring substituents is 1. The molecule has 1 aromatic carbocycles. The Morgan fingerprint density at radius 1 is 1.44 bits per heavy atom. The summed E-state index contributed by atoms with van der Waals surface area (Å²) in [6, 6.07) is 4.88. The summed E-state index contributed by atoms with van der Waals surface area (Å²) in [5, 5.41) is 14.1. The summed E-state index contributed by atoms with van der Waals surface area (Å²) >= 11 is 3.39. The first kappa shape index (κ1) is 12.0. The molecule has 3 rings (SSSR count). The van der Waals surface area contributed by atoms with E-state index in [1.807, 2.05) is 0 Å². The van der Waals surface area contributed by atoms with Crippen LogP contribution in [0.1, 0.15) is 25.7 Å². The average Bonchev–Trinajstić information content (AvgIpc) is 3.19. The number of anilines is 1. The van der Waals surface area contributed by atoms with E-state index in [-0.39, 0.29) is 10.6 Å². The number of nitro benzene ring substituents is 1. The Morgan fingerprint density at radius 3 is 2.67 bits per heavy atom. The number of nitro groups is 1. The highest BCUT2D eigenvalue weighted by atomic mass is 79.9. The van der Waals surface area contributed by atoms with Crippen molar-refractivity contribution in [1.29, 1.82) is 0 Å². The number of benzene rings is 1. The second-order valence-electron chi connectivity index (χ2n) is 5.41. The maximum absolute atomic E-state index is 10.7. The minimum absolute atomic E-state index is 0.121. The molecule has 2 aliphatic carbocycles. The van der Waals surface area contributed by atoms with Crippen molar-refractivity contribution in [3.8, 4) is 0 Å². The summed E-state index contributed by atoms with van der Waals surface area (Å²) in [4.78, 5) is 10.3. The molecule has 96 valence electrons. The third kappa shape index (κ3) is 2.23. The molecule has 0 saturated heterocycles. The van der Waals surface area contributed by atoms with Crippen molar-refractivity contribution >= 4 is 27.3 Å². The number of hydrogen-bond acceptors (Lipinski definition) is 3. The Balaban J connectivity index is 1.67. The summed E-state index contributed by atoms with van der Waals surface area (Å²) in [5.74, 6) is 0.918. The van der Waals surface area contributed by atoms with Crippen molar-refractivity contribution in [2.75, 3.05) is 11.9 Å². The highest BCUT2D eigenvalue weighted by Gasteiger charge is 2.53. The molecule has 2 fully saturated rings. The van der Waals surface area contributed by atoms with Gasteiger partial charge >= 0.3 is 0 Å². The smallest absolute Gasteiger partial charge is 0.270 e. The highest BCUT2D eigenvalue weighted by molar-refractivity contribution is 9.10. The molecule has 1 aromatic rings. The fourth-order valence-electron chi connectivity index (χ4n) is 2.62. The van der Waals surface area contributed by atoms with E-state index in [9.17, 15) is 10.1 Å². The van der Waals surface area contributed by atoms with Crippen LogP contribution in [0.15, 0.2) is 22.7 Å². The van der Waals surface area contributed by atoms with Gasteiger partial charge in [-0.1, -0.05) is 0 Å². The second-order valence-corrected chi connectivity index (χ2v) is 6.27. The first-order chi connectivity index (χ1) is 8.61. The van der Waals surface area contributed by atoms with E-state index in [1.54, 1.807) is 18.2 Å². The second kappa shape index (κ2) is 4.23. The molecule has 0 radical (unpaired) electrons. The van der Waals surface area contributed by atoms with Crippen LogP contribution in [0.2, 0.25) is 0 Å². The van der Waals surface area contributed by atoms with Crippen LogP contribution < -0.4 is 5.32 Å². The largest absolute Gasteiger partial charge is 0.384 e. The van der Waals surface area contributed by atoms with E-state index in [1.165, 1.54) is 25.7 Å². The lowest BCUT2D eigenvalue weighted by Gasteiger charge is -2.16. The van der Waals surface area contributed by atoms with Crippen LogP contribution in [0.25, 0.3) is 0 Å². The van der Waals surface area contributed by atoms with E-state index in [0.717, 1.165) is 22.6 Å². The molecule has 2 aliphatic rings. The monoisotopic (exact) mass is 310 g/mol. The Labute approximate surface area is 114 Å². The van der Waals surface area contributed by atoms with Crippen molar-refractivity contribution in [1.82, 2.24) is 0 Å². The maximum Gasteiger partial charge on any atom is 0.270 e. The Morgan fingerprint density at radius 2 is 2.17 bits per heavy atom. The topological polar surface area (TPSA) is 55.2 Å². The molecule has 5 heteroatoms. The molecule has 0 bridgehead atoms. The Hall–Kier alpha value is -1.10. The molecule has 0 unspecified atom stereocenters. The van der Waals surface area contributed by atoms with Gasteiger partial charge in [-0.15, -0.1) is 0 Å². The number of halogens is 1. The summed E-state index contributed by atoms with van der Waals surface area (Å²) < 4.78 is 0.767.